The Morgan fingerprint density at radius 1 is 1.19 bits per heavy atom. The fourth-order valence-electron chi connectivity index (χ4n) is 7.88. The first kappa shape index (κ1) is 22.3. The molecule has 1 aliphatic heterocycles. The highest BCUT2D eigenvalue weighted by atomic mass is 19.1. The lowest BCUT2D eigenvalue weighted by atomic mass is 9.47. The third kappa shape index (κ3) is 3.59. The van der Waals surface area contributed by atoms with Crippen molar-refractivity contribution in [3.63, 3.8) is 0 Å². The van der Waals surface area contributed by atoms with Gasteiger partial charge >= 0.3 is 0 Å². The minimum absolute atomic E-state index is 0.0472. The zero-order chi connectivity index (χ0) is 22.5. The zero-order valence-electron chi connectivity index (χ0n) is 19.9. The van der Waals surface area contributed by atoms with Crippen molar-refractivity contribution in [1.82, 2.24) is 4.90 Å². The van der Waals surface area contributed by atoms with E-state index in [1.54, 1.807) is 0 Å². The number of rotatable bonds is 4. The molecule has 0 spiro atoms. The van der Waals surface area contributed by atoms with Gasteiger partial charge in [-0.15, -0.1) is 0 Å². The number of halogens is 1. The van der Waals surface area contributed by atoms with Gasteiger partial charge in [0.05, 0.1) is 5.71 Å². The van der Waals surface area contributed by atoms with Crippen LogP contribution >= 0.6 is 0 Å². The largest absolute Gasteiger partial charge is 0.394 e. The molecule has 0 radical (unpaired) electrons. The highest BCUT2D eigenvalue weighted by molar-refractivity contribution is 5.97. The van der Waals surface area contributed by atoms with Crippen molar-refractivity contribution in [2.45, 2.75) is 77.8 Å². The molecule has 4 nitrogen and oxygen atoms in total. The van der Waals surface area contributed by atoms with Gasteiger partial charge in [-0.05, 0) is 99.3 Å². The quantitative estimate of drug-likeness (QED) is 0.427. The van der Waals surface area contributed by atoms with Crippen molar-refractivity contribution in [2.24, 2.45) is 33.7 Å². The number of piperidine rings is 1. The van der Waals surface area contributed by atoms with Crippen LogP contribution in [0.3, 0.4) is 0 Å². The second-order valence-corrected chi connectivity index (χ2v) is 11.5. The summed E-state index contributed by atoms with van der Waals surface area (Å²) in [5.74, 6) is 0.884. The molecule has 0 aromatic heterocycles. The summed E-state index contributed by atoms with van der Waals surface area (Å²) in [4.78, 5) is 20.8. The number of nitrogens with zero attached hydrogens (tertiary/aromatic N) is 2. The molecule has 0 bridgehead atoms. The first-order valence-electron chi connectivity index (χ1n) is 12.8. The monoisotopic (exact) mass is 442 g/mol. The van der Waals surface area contributed by atoms with E-state index in [0.717, 1.165) is 49.9 Å². The minimum Gasteiger partial charge on any atom is -0.394 e. The van der Waals surface area contributed by atoms with E-state index in [-0.39, 0.29) is 17.1 Å². The van der Waals surface area contributed by atoms with E-state index in [2.05, 4.69) is 29.6 Å². The predicted molar refractivity (Wildman–Crippen MR) is 125 cm³/mol. The third-order valence-electron chi connectivity index (χ3n) is 9.77. The van der Waals surface area contributed by atoms with Crippen LogP contribution < -0.4 is 0 Å². The van der Waals surface area contributed by atoms with Crippen molar-refractivity contribution in [1.29, 1.82) is 0 Å². The molecule has 6 atom stereocenters. The number of hydrogen-bond acceptors (Lipinski definition) is 4. The second-order valence-electron chi connectivity index (χ2n) is 11.5. The predicted octanol–water partition coefficient (Wildman–Crippen LogP) is 5.49. The normalized spacial score (nSPS) is 43.5. The molecule has 176 valence electrons. The smallest absolute Gasteiger partial charge is 0.173 e. The molecule has 6 unspecified atom stereocenters. The Labute approximate surface area is 192 Å². The van der Waals surface area contributed by atoms with Crippen molar-refractivity contribution in [3.05, 3.63) is 23.8 Å². The molecule has 3 saturated carbocycles. The molecule has 5 heteroatoms. The molecule has 0 aromatic rings. The van der Waals surface area contributed by atoms with E-state index < -0.39 is 11.6 Å². The minimum atomic E-state index is -1.27. The van der Waals surface area contributed by atoms with Crippen LogP contribution in [0.25, 0.3) is 0 Å². The number of hydrogen-bond donors (Lipinski definition) is 0. The Morgan fingerprint density at radius 2 is 1.97 bits per heavy atom. The average Bonchev–Trinajstić information content (AvgIpc) is 3.02. The van der Waals surface area contributed by atoms with Crippen LogP contribution in [0.1, 0.15) is 71.6 Å². The number of fused-ring (bicyclic) bond motifs is 5. The van der Waals surface area contributed by atoms with E-state index in [4.69, 9.17) is 4.84 Å². The van der Waals surface area contributed by atoms with Gasteiger partial charge in [0.25, 0.3) is 0 Å². The summed E-state index contributed by atoms with van der Waals surface area (Å²) in [6.07, 6.45) is 9.98. The lowest BCUT2D eigenvalue weighted by Crippen LogP contribution is -2.51. The number of carbonyl (C=O) groups is 1. The summed E-state index contributed by atoms with van der Waals surface area (Å²) in [5, 5.41) is 4.49. The Hall–Kier alpha value is -1.49. The number of likely N-dealkylation sites (tertiary alicyclic amines) is 1. The van der Waals surface area contributed by atoms with Crippen LogP contribution in [0.5, 0.6) is 0 Å². The molecular weight excluding hydrogens is 403 g/mol. The SMILES string of the molecule is C=C1CC2C3CC(F)C(=O)C3(C)CCC2C2(C)CC/C(=N\OCCN3CCCCC3)C=C12. The number of carbonyl (C=O) groups excluding carboxylic acids is 1. The lowest BCUT2D eigenvalue weighted by Gasteiger charge is -2.57. The van der Waals surface area contributed by atoms with Gasteiger partial charge < -0.3 is 4.84 Å². The van der Waals surface area contributed by atoms with Gasteiger partial charge in [-0.3, -0.25) is 9.69 Å². The lowest BCUT2D eigenvalue weighted by molar-refractivity contribution is -0.134. The summed E-state index contributed by atoms with van der Waals surface area (Å²) in [6.45, 7) is 12.8. The number of ketones is 1. The molecular formula is C27H39FN2O2. The van der Waals surface area contributed by atoms with Crippen molar-refractivity contribution in [2.75, 3.05) is 26.2 Å². The highest BCUT2D eigenvalue weighted by Gasteiger charge is 2.62. The first-order valence-corrected chi connectivity index (χ1v) is 12.8. The van der Waals surface area contributed by atoms with E-state index in [1.807, 2.05) is 6.92 Å². The summed E-state index contributed by atoms with van der Waals surface area (Å²) in [5.41, 5.74) is 3.09. The molecule has 32 heavy (non-hydrogen) atoms. The van der Waals surface area contributed by atoms with E-state index in [9.17, 15) is 9.18 Å². The molecule has 0 N–H and O–H groups in total. The van der Waals surface area contributed by atoms with Crippen LogP contribution in [0.4, 0.5) is 4.39 Å². The van der Waals surface area contributed by atoms with E-state index in [0.29, 0.717) is 24.9 Å². The molecule has 1 saturated heterocycles. The van der Waals surface area contributed by atoms with Gasteiger partial charge in [0.2, 0.25) is 0 Å². The van der Waals surface area contributed by atoms with Gasteiger partial charge in [-0.25, -0.2) is 4.39 Å². The van der Waals surface area contributed by atoms with Gasteiger partial charge in [0.1, 0.15) is 6.61 Å². The van der Waals surface area contributed by atoms with Gasteiger partial charge in [0.15, 0.2) is 12.0 Å². The summed E-state index contributed by atoms with van der Waals surface area (Å²) >= 11 is 0. The number of oxime groups is 1. The van der Waals surface area contributed by atoms with Crippen molar-refractivity contribution in [3.8, 4) is 0 Å². The first-order chi connectivity index (χ1) is 15.3. The standard InChI is InChI=1S/C27H39FN2O2/c1-18-15-20-21(8-10-27(3)23(20)17-24(28)25(27)31)26(2)9-7-19(16-22(18)26)29-32-14-13-30-11-5-4-6-12-30/h16,20-21,23-24H,1,4-15,17H2,2-3H3/b29-19+. The molecule has 4 fully saturated rings. The average molecular weight is 443 g/mol. The topological polar surface area (TPSA) is 41.9 Å². The van der Waals surface area contributed by atoms with Crippen LogP contribution in [-0.4, -0.2) is 48.8 Å². The fourth-order valence-corrected chi connectivity index (χ4v) is 7.88. The van der Waals surface area contributed by atoms with Crippen molar-refractivity contribution < 1.29 is 14.0 Å². The zero-order valence-corrected chi connectivity index (χ0v) is 19.9. The molecule has 5 aliphatic rings. The third-order valence-corrected chi connectivity index (χ3v) is 9.77. The maximum Gasteiger partial charge on any atom is 0.173 e. The van der Waals surface area contributed by atoms with Gasteiger partial charge in [0, 0.05) is 12.0 Å². The molecule has 1 heterocycles. The maximum absolute atomic E-state index is 14.5. The maximum atomic E-state index is 14.5. The van der Waals surface area contributed by atoms with Crippen LogP contribution in [0.2, 0.25) is 0 Å². The van der Waals surface area contributed by atoms with Gasteiger partial charge in [-0.1, -0.05) is 37.6 Å². The molecule has 0 aromatic carbocycles. The summed E-state index contributed by atoms with van der Waals surface area (Å²) in [6, 6.07) is 0. The molecule has 0 amide bonds. The van der Waals surface area contributed by atoms with Crippen molar-refractivity contribution >= 4 is 11.5 Å². The Balaban J connectivity index is 1.29. The molecule has 5 rings (SSSR count). The van der Waals surface area contributed by atoms with Gasteiger partial charge in [-0.2, -0.15) is 0 Å². The fraction of sp³-hybridized carbons (Fsp3) is 0.778. The Bertz CT molecular complexity index is 845. The number of allylic oxidation sites excluding steroid dienone is 3. The summed E-state index contributed by atoms with van der Waals surface area (Å²) in [7, 11) is 0. The van der Waals surface area contributed by atoms with Crippen LogP contribution in [0, 0.1) is 28.6 Å². The molecule has 4 aliphatic carbocycles. The van der Waals surface area contributed by atoms with Crippen LogP contribution in [-0.2, 0) is 9.63 Å². The number of alkyl halides is 1. The van der Waals surface area contributed by atoms with E-state index in [1.165, 1.54) is 37.9 Å². The summed E-state index contributed by atoms with van der Waals surface area (Å²) < 4.78 is 14.5. The van der Waals surface area contributed by atoms with Crippen LogP contribution in [0.15, 0.2) is 29.0 Å². The second kappa shape index (κ2) is 8.38. The van der Waals surface area contributed by atoms with E-state index >= 15 is 0 Å². The Morgan fingerprint density at radius 3 is 2.75 bits per heavy atom. The Kier molecular flexibility index (Phi) is 5.84. The highest BCUT2D eigenvalue weighted by Crippen LogP contribution is 2.65. The number of Topliss-reactive ketones (excluding diaryl/α,β-unsaturated/α-hetero) is 1.